The average molecular weight is 480 g/mol. The average Bonchev–Trinajstić information content (AvgIpc) is 3.14. The zero-order valence-corrected chi connectivity index (χ0v) is 18.2. The van der Waals surface area contributed by atoms with Gasteiger partial charge in [-0.1, -0.05) is 17.3 Å². The van der Waals surface area contributed by atoms with Crippen molar-refractivity contribution in [3.05, 3.63) is 40.4 Å². The Hall–Kier alpha value is -3.69. The molecule has 0 saturated heterocycles. The minimum atomic E-state index is -2.13. The van der Waals surface area contributed by atoms with E-state index >= 15 is 0 Å². The first-order valence-electron chi connectivity index (χ1n) is 9.25. The van der Waals surface area contributed by atoms with Crippen LogP contribution in [0.25, 0.3) is 0 Å². The predicted molar refractivity (Wildman–Crippen MR) is 117 cm³/mol. The molecular formula is C18H21BN4O9S. The molecule has 2 rings (SSSR count). The standard InChI is InChI=1S/C18H21BN4O9S/c1-18(2,16(28)29)32-23-12(10-7-33-17(20)21-10)14(25)22-11(19(30)31)6-8-4-3-5-9(13(8)24)15(26)27/h3-5,7,11,24,30-31H,6H2,1-2H3,(H2,20,21)(H,22,25)(H,26,27)(H,28,29)/b23-12-. The summed E-state index contributed by atoms with van der Waals surface area (Å²) in [6.45, 7) is 2.39. The normalized spacial score (nSPS) is 12.7. The number of aromatic hydroxyl groups is 1. The number of amides is 1. The van der Waals surface area contributed by atoms with E-state index in [0.717, 1.165) is 17.4 Å². The number of rotatable bonds is 10. The van der Waals surface area contributed by atoms with E-state index < -0.39 is 53.5 Å². The summed E-state index contributed by atoms with van der Waals surface area (Å²) in [5.74, 6) is -5.80. The second-order valence-electron chi connectivity index (χ2n) is 7.23. The van der Waals surface area contributed by atoms with Crippen LogP contribution in [0.4, 0.5) is 5.13 Å². The smallest absolute Gasteiger partial charge is 0.475 e. The number of para-hydroxylation sites is 1. The molecule has 33 heavy (non-hydrogen) atoms. The molecule has 0 bridgehead atoms. The van der Waals surface area contributed by atoms with Gasteiger partial charge in [0.25, 0.3) is 5.91 Å². The summed E-state index contributed by atoms with van der Waals surface area (Å²) < 4.78 is 0. The largest absolute Gasteiger partial charge is 0.507 e. The minimum absolute atomic E-state index is 0.0213. The predicted octanol–water partition coefficient (Wildman–Crippen LogP) is -0.548. The molecule has 2 aromatic rings. The van der Waals surface area contributed by atoms with Crippen LogP contribution in [-0.4, -0.2) is 72.6 Å². The van der Waals surface area contributed by atoms with E-state index in [1.54, 1.807) is 0 Å². The fourth-order valence-corrected chi connectivity index (χ4v) is 2.98. The number of benzene rings is 1. The number of nitrogens with two attached hydrogens (primary N) is 1. The Morgan fingerprint density at radius 2 is 1.97 bits per heavy atom. The Kier molecular flexibility index (Phi) is 7.97. The molecule has 1 atom stereocenters. The number of carboxylic acid groups (broad SMARTS) is 2. The van der Waals surface area contributed by atoms with Crippen molar-refractivity contribution in [3.8, 4) is 5.75 Å². The van der Waals surface area contributed by atoms with Crippen molar-refractivity contribution in [3.63, 3.8) is 0 Å². The van der Waals surface area contributed by atoms with E-state index in [-0.39, 0.29) is 22.8 Å². The van der Waals surface area contributed by atoms with Gasteiger partial charge in [-0.3, -0.25) is 4.79 Å². The summed E-state index contributed by atoms with van der Waals surface area (Å²) in [5, 5.41) is 55.3. The number of carbonyl (C=O) groups excluding carboxylic acids is 1. The topological polar surface area (TPSA) is 225 Å². The SMILES string of the molecule is CC(C)(O/N=C(\C(=O)NC(Cc1cccc(C(=O)O)c1O)B(O)O)c1csc(N)n1)C(=O)O. The van der Waals surface area contributed by atoms with Gasteiger partial charge in [0.1, 0.15) is 17.0 Å². The summed E-state index contributed by atoms with van der Waals surface area (Å²) in [7, 11) is -2.13. The lowest BCUT2D eigenvalue weighted by molar-refractivity contribution is -0.161. The van der Waals surface area contributed by atoms with E-state index in [2.05, 4.69) is 15.5 Å². The van der Waals surface area contributed by atoms with Gasteiger partial charge in [-0.25, -0.2) is 14.6 Å². The highest BCUT2D eigenvalue weighted by Crippen LogP contribution is 2.24. The van der Waals surface area contributed by atoms with E-state index in [0.29, 0.717) is 0 Å². The number of hydrogen-bond acceptors (Lipinski definition) is 11. The maximum Gasteiger partial charge on any atom is 0.475 e. The molecule has 176 valence electrons. The fourth-order valence-electron chi connectivity index (χ4n) is 2.43. The van der Waals surface area contributed by atoms with Crippen LogP contribution in [-0.2, 0) is 20.8 Å². The summed E-state index contributed by atoms with van der Waals surface area (Å²) in [4.78, 5) is 44.2. The zero-order valence-electron chi connectivity index (χ0n) is 17.4. The van der Waals surface area contributed by atoms with E-state index in [1.807, 2.05) is 0 Å². The molecule has 1 aromatic heterocycles. The molecule has 1 aromatic carbocycles. The Balaban J connectivity index is 2.34. The number of phenols is 1. The second kappa shape index (κ2) is 10.3. The molecule has 13 nitrogen and oxygen atoms in total. The number of aliphatic carboxylic acids is 1. The molecule has 0 aliphatic rings. The van der Waals surface area contributed by atoms with Crippen LogP contribution in [0.3, 0.4) is 0 Å². The zero-order chi connectivity index (χ0) is 24.9. The summed E-state index contributed by atoms with van der Waals surface area (Å²) in [6, 6.07) is 3.84. The number of nitrogen functional groups attached to an aromatic ring is 1. The summed E-state index contributed by atoms with van der Waals surface area (Å²) in [6.07, 6.45) is -0.371. The lowest BCUT2D eigenvalue weighted by Gasteiger charge is -2.20. The van der Waals surface area contributed by atoms with Gasteiger partial charge in [-0.15, -0.1) is 11.3 Å². The Labute approximate surface area is 191 Å². The van der Waals surface area contributed by atoms with Crippen LogP contribution in [0.2, 0.25) is 0 Å². The molecular weight excluding hydrogens is 459 g/mol. The fraction of sp³-hybridized carbons (Fsp3) is 0.278. The number of carbonyl (C=O) groups is 3. The van der Waals surface area contributed by atoms with E-state index in [4.69, 9.17) is 15.7 Å². The van der Waals surface area contributed by atoms with Crippen LogP contribution >= 0.6 is 11.3 Å². The maximum absolute atomic E-state index is 12.9. The van der Waals surface area contributed by atoms with Crippen molar-refractivity contribution >= 4 is 47.1 Å². The van der Waals surface area contributed by atoms with Crippen molar-refractivity contribution in [2.45, 2.75) is 31.8 Å². The minimum Gasteiger partial charge on any atom is -0.507 e. The first kappa shape index (κ1) is 25.6. The van der Waals surface area contributed by atoms with Gasteiger partial charge in [-0.2, -0.15) is 0 Å². The second-order valence-corrected chi connectivity index (χ2v) is 8.12. The van der Waals surface area contributed by atoms with E-state index in [1.165, 1.54) is 31.4 Å². The number of hydrogen-bond donors (Lipinski definition) is 7. The number of aromatic carboxylic acids is 1. The highest BCUT2D eigenvalue weighted by atomic mass is 32.1. The number of carboxylic acids is 2. The number of oxime groups is 1. The van der Waals surface area contributed by atoms with Crippen molar-refractivity contribution in [1.29, 1.82) is 0 Å². The third-order valence-electron chi connectivity index (χ3n) is 4.33. The molecule has 1 amide bonds. The molecule has 15 heteroatoms. The van der Waals surface area contributed by atoms with Crippen LogP contribution in [0.1, 0.15) is 35.5 Å². The highest BCUT2D eigenvalue weighted by Gasteiger charge is 2.33. The molecule has 0 spiro atoms. The third kappa shape index (κ3) is 6.41. The van der Waals surface area contributed by atoms with Gasteiger partial charge < -0.3 is 41.3 Å². The number of nitrogens with zero attached hydrogens (tertiary/aromatic N) is 2. The maximum atomic E-state index is 12.9. The van der Waals surface area contributed by atoms with Gasteiger partial charge in [0.15, 0.2) is 10.8 Å². The van der Waals surface area contributed by atoms with Crippen LogP contribution in [0.15, 0.2) is 28.7 Å². The van der Waals surface area contributed by atoms with Crippen LogP contribution in [0, 0.1) is 0 Å². The monoisotopic (exact) mass is 480 g/mol. The Morgan fingerprint density at radius 1 is 1.30 bits per heavy atom. The Morgan fingerprint density at radius 3 is 2.48 bits per heavy atom. The molecule has 0 aliphatic carbocycles. The van der Waals surface area contributed by atoms with Gasteiger partial charge in [-0.05, 0) is 31.9 Å². The van der Waals surface area contributed by atoms with Crippen molar-refractivity contribution in [2.75, 3.05) is 5.73 Å². The van der Waals surface area contributed by atoms with Crippen molar-refractivity contribution in [1.82, 2.24) is 10.3 Å². The number of nitrogens with one attached hydrogen (secondary N) is 1. The number of aromatic nitrogens is 1. The summed E-state index contributed by atoms with van der Waals surface area (Å²) in [5.41, 5.74) is 2.85. The Bertz CT molecular complexity index is 1090. The van der Waals surface area contributed by atoms with Crippen LogP contribution < -0.4 is 11.1 Å². The van der Waals surface area contributed by atoms with Crippen LogP contribution in [0.5, 0.6) is 5.75 Å². The first-order valence-corrected chi connectivity index (χ1v) is 10.1. The summed E-state index contributed by atoms with van der Waals surface area (Å²) >= 11 is 0.970. The number of anilines is 1. The van der Waals surface area contributed by atoms with E-state index in [9.17, 15) is 34.6 Å². The van der Waals surface area contributed by atoms with Gasteiger partial charge >= 0.3 is 19.1 Å². The molecule has 8 N–H and O–H groups in total. The van der Waals surface area contributed by atoms with Crippen molar-refractivity contribution < 1.29 is 44.6 Å². The lowest BCUT2D eigenvalue weighted by Crippen LogP contribution is -2.50. The first-order chi connectivity index (χ1) is 15.3. The molecule has 0 fully saturated rings. The molecule has 0 saturated carbocycles. The van der Waals surface area contributed by atoms with Gasteiger partial charge in [0, 0.05) is 5.38 Å². The molecule has 0 radical (unpaired) electrons. The van der Waals surface area contributed by atoms with Gasteiger partial charge in [0.05, 0.1) is 5.94 Å². The molecule has 0 aliphatic heterocycles. The molecule has 1 heterocycles. The number of thiazole rings is 1. The lowest BCUT2D eigenvalue weighted by atomic mass is 9.75. The van der Waals surface area contributed by atoms with Crippen molar-refractivity contribution in [2.24, 2.45) is 5.16 Å². The third-order valence-corrected chi connectivity index (χ3v) is 5.00. The van der Waals surface area contributed by atoms with Gasteiger partial charge in [0.2, 0.25) is 5.60 Å². The molecule has 1 unspecified atom stereocenters. The highest BCUT2D eigenvalue weighted by molar-refractivity contribution is 7.13. The quantitative estimate of drug-likeness (QED) is 0.130.